The molecule has 0 saturated heterocycles. The van der Waals surface area contributed by atoms with Crippen molar-refractivity contribution in [2.24, 2.45) is 0 Å². The highest BCUT2D eigenvalue weighted by molar-refractivity contribution is 9.08. The first-order valence-corrected chi connectivity index (χ1v) is 17.8. The molecule has 8 bridgehead atoms. The van der Waals surface area contributed by atoms with E-state index >= 15 is 0 Å². The lowest BCUT2D eigenvalue weighted by Crippen LogP contribution is -1.89. The van der Waals surface area contributed by atoms with Crippen molar-refractivity contribution in [1.82, 2.24) is 19.9 Å². The van der Waals surface area contributed by atoms with Gasteiger partial charge in [0, 0.05) is 44.1 Å². The summed E-state index contributed by atoms with van der Waals surface area (Å²) in [6.45, 7) is 0. The number of aromatic amines is 2. The van der Waals surface area contributed by atoms with Gasteiger partial charge in [0.25, 0.3) is 0 Å². The molecule has 0 fully saturated rings. The van der Waals surface area contributed by atoms with Crippen LogP contribution >= 0.6 is 15.9 Å². The summed E-state index contributed by atoms with van der Waals surface area (Å²) in [5.41, 5.74) is 17.4. The molecular weight excluding hydrogens is 676 g/mol. The normalized spacial score (nSPS) is 12.0. The molecule has 50 heavy (non-hydrogen) atoms. The first-order valence-electron chi connectivity index (χ1n) is 16.7. The van der Waals surface area contributed by atoms with Crippen LogP contribution in [0.4, 0.5) is 0 Å². The number of aromatic nitrogens is 4. The fraction of sp³-hybridized carbons (Fsp3) is 0.0222. The van der Waals surface area contributed by atoms with Crippen molar-refractivity contribution in [1.29, 1.82) is 0 Å². The van der Waals surface area contributed by atoms with Crippen molar-refractivity contribution in [2.45, 2.75) is 5.33 Å². The molecule has 2 aliphatic heterocycles. The molecule has 0 saturated carbocycles. The lowest BCUT2D eigenvalue weighted by atomic mass is 9.98. The smallest absolute Gasteiger partial charge is 0.0737 e. The maximum absolute atomic E-state index is 5.42. The molecular formula is C45H31BrN4. The standard InChI is InChI=1S/C45H31BrN4/c46-28-29-16-18-30(19-17-29)36-27-35-26-34-20-21-37(47-34)42(31-10-4-1-5-11-31)38-22-23-39(49-38)43(32-12-6-2-7-13-32)40-24-25-41(50-40)44(45(36)48-35)33-14-8-3-9-15-33/h1-27,48-49H,28H2. The Kier molecular flexibility index (Phi) is 7.68. The summed E-state index contributed by atoms with van der Waals surface area (Å²) in [6.07, 6.45) is 8.51. The second kappa shape index (κ2) is 12.8. The van der Waals surface area contributed by atoms with Gasteiger partial charge in [-0.05, 0) is 76.4 Å². The van der Waals surface area contributed by atoms with Crippen molar-refractivity contribution in [3.8, 4) is 44.5 Å². The van der Waals surface area contributed by atoms with Crippen LogP contribution in [0, 0.1) is 0 Å². The number of nitrogens with zero attached hydrogens (tertiary/aromatic N) is 2. The fourth-order valence-corrected chi connectivity index (χ4v) is 7.33. The van der Waals surface area contributed by atoms with Crippen LogP contribution in [0.15, 0.2) is 140 Å². The molecule has 238 valence electrons. The third kappa shape index (κ3) is 5.52. The zero-order valence-electron chi connectivity index (χ0n) is 27.1. The van der Waals surface area contributed by atoms with E-state index in [0.717, 1.165) is 94.7 Å². The molecule has 5 heterocycles. The quantitative estimate of drug-likeness (QED) is 0.175. The summed E-state index contributed by atoms with van der Waals surface area (Å²) in [7, 11) is 0. The number of alkyl halides is 1. The van der Waals surface area contributed by atoms with E-state index in [1.807, 2.05) is 6.07 Å². The van der Waals surface area contributed by atoms with Gasteiger partial charge in [0.05, 0.1) is 28.3 Å². The van der Waals surface area contributed by atoms with Crippen LogP contribution in [-0.4, -0.2) is 19.9 Å². The summed E-state index contributed by atoms with van der Waals surface area (Å²) in [5, 5.41) is 0.809. The predicted octanol–water partition coefficient (Wildman–Crippen LogP) is 12.2. The zero-order valence-corrected chi connectivity index (χ0v) is 28.7. The molecule has 5 heteroatoms. The molecule has 0 aliphatic carbocycles. The molecule has 0 amide bonds. The second-order valence-electron chi connectivity index (χ2n) is 12.5. The number of hydrogen-bond donors (Lipinski definition) is 2. The number of benzene rings is 4. The minimum Gasteiger partial charge on any atom is -0.354 e. The lowest BCUT2D eigenvalue weighted by Gasteiger charge is -2.08. The van der Waals surface area contributed by atoms with Gasteiger partial charge in [-0.3, -0.25) is 0 Å². The average molecular weight is 708 g/mol. The third-order valence-corrected chi connectivity index (χ3v) is 9.94. The Morgan fingerprint density at radius 2 is 0.980 bits per heavy atom. The Balaban J connectivity index is 1.46. The Bertz CT molecular complexity index is 2600. The van der Waals surface area contributed by atoms with Gasteiger partial charge < -0.3 is 9.97 Å². The molecule has 2 aliphatic rings. The van der Waals surface area contributed by atoms with Crippen LogP contribution in [0.5, 0.6) is 0 Å². The summed E-state index contributed by atoms with van der Waals surface area (Å²) in [5.74, 6) is 0. The SMILES string of the molecule is BrCc1ccc(-c2cc3cc4nc(c(-c5ccccc5)c5ccc([nH]5)c(-c5ccccc5)c5nc(c(-c6ccccc6)c2[nH]3)C=C5)C=C4)cc1. The predicted molar refractivity (Wildman–Crippen MR) is 213 cm³/mol. The van der Waals surface area contributed by atoms with Gasteiger partial charge in [0.1, 0.15) is 0 Å². The van der Waals surface area contributed by atoms with Crippen LogP contribution in [0.2, 0.25) is 0 Å². The van der Waals surface area contributed by atoms with Gasteiger partial charge in [0.2, 0.25) is 0 Å². The Hall–Kier alpha value is -6.04. The molecule has 4 nitrogen and oxygen atoms in total. The van der Waals surface area contributed by atoms with Gasteiger partial charge in [-0.2, -0.15) is 0 Å². The van der Waals surface area contributed by atoms with Gasteiger partial charge in [-0.15, -0.1) is 0 Å². The fourth-order valence-electron chi connectivity index (χ4n) is 6.95. The van der Waals surface area contributed by atoms with Crippen molar-refractivity contribution in [3.63, 3.8) is 0 Å². The minimum atomic E-state index is 0.809. The summed E-state index contributed by atoms with van der Waals surface area (Å²) < 4.78 is 0. The third-order valence-electron chi connectivity index (χ3n) is 9.29. The molecule has 9 rings (SSSR count). The van der Waals surface area contributed by atoms with Crippen molar-refractivity contribution >= 4 is 62.3 Å². The monoisotopic (exact) mass is 706 g/mol. The van der Waals surface area contributed by atoms with Gasteiger partial charge in [-0.1, -0.05) is 131 Å². The lowest BCUT2D eigenvalue weighted by molar-refractivity contribution is 1.31. The molecule has 7 aromatic rings. The molecule has 0 spiro atoms. The topological polar surface area (TPSA) is 57.4 Å². The van der Waals surface area contributed by atoms with E-state index in [1.54, 1.807) is 0 Å². The molecule has 3 aromatic heterocycles. The van der Waals surface area contributed by atoms with Crippen molar-refractivity contribution < 1.29 is 0 Å². The Morgan fingerprint density at radius 1 is 0.460 bits per heavy atom. The van der Waals surface area contributed by atoms with E-state index in [0.29, 0.717) is 0 Å². The number of H-pyrrole nitrogens is 2. The Labute approximate surface area is 298 Å². The van der Waals surface area contributed by atoms with Crippen molar-refractivity contribution in [2.75, 3.05) is 0 Å². The maximum Gasteiger partial charge on any atom is 0.0737 e. The summed E-state index contributed by atoms with van der Waals surface area (Å²) in [4.78, 5) is 18.2. The van der Waals surface area contributed by atoms with E-state index in [2.05, 4.69) is 184 Å². The molecule has 2 N–H and O–H groups in total. The van der Waals surface area contributed by atoms with Crippen LogP contribution in [-0.2, 0) is 5.33 Å². The maximum atomic E-state index is 5.42. The number of rotatable bonds is 5. The van der Waals surface area contributed by atoms with Crippen LogP contribution in [0.25, 0.3) is 90.9 Å². The zero-order chi connectivity index (χ0) is 33.4. The summed E-state index contributed by atoms with van der Waals surface area (Å²) >= 11 is 3.61. The van der Waals surface area contributed by atoms with Gasteiger partial charge >= 0.3 is 0 Å². The first-order chi connectivity index (χ1) is 24.7. The van der Waals surface area contributed by atoms with Crippen LogP contribution in [0.3, 0.4) is 0 Å². The van der Waals surface area contributed by atoms with Gasteiger partial charge in [0.15, 0.2) is 0 Å². The van der Waals surface area contributed by atoms with Crippen LogP contribution < -0.4 is 0 Å². The first kappa shape index (κ1) is 30.1. The molecule has 0 atom stereocenters. The highest BCUT2D eigenvalue weighted by Gasteiger charge is 2.18. The minimum absolute atomic E-state index is 0.809. The molecule has 0 radical (unpaired) electrons. The molecule has 0 unspecified atom stereocenters. The number of nitrogens with one attached hydrogen (secondary N) is 2. The number of halogens is 1. The summed E-state index contributed by atoms with van der Waals surface area (Å²) in [6, 6.07) is 49.0. The van der Waals surface area contributed by atoms with E-state index in [9.17, 15) is 0 Å². The Morgan fingerprint density at radius 3 is 1.56 bits per heavy atom. The van der Waals surface area contributed by atoms with Crippen LogP contribution in [0.1, 0.15) is 28.3 Å². The van der Waals surface area contributed by atoms with Gasteiger partial charge in [-0.25, -0.2) is 9.97 Å². The van der Waals surface area contributed by atoms with E-state index in [-0.39, 0.29) is 0 Å². The largest absolute Gasteiger partial charge is 0.354 e. The number of fused-ring (bicyclic) bond motifs is 8. The highest BCUT2D eigenvalue weighted by Crippen LogP contribution is 2.39. The van der Waals surface area contributed by atoms with E-state index < -0.39 is 0 Å². The average Bonchev–Trinajstić information content (AvgIpc) is 4.00. The van der Waals surface area contributed by atoms with Crippen molar-refractivity contribution in [3.05, 3.63) is 168 Å². The number of hydrogen-bond acceptors (Lipinski definition) is 2. The van der Waals surface area contributed by atoms with E-state index in [1.165, 1.54) is 5.56 Å². The van der Waals surface area contributed by atoms with E-state index in [4.69, 9.17) is 9.97 Å². The highest BCUT2D eigenvalue weighted by atomic mass is 79.9. The molecule has 4 aromatic carbocycles. The second-order valence-corrected chi connectivity index (χ2v) is 13.0.